The molecular weight excluding hydrogens is 156 g/mol. The molecule has 0 atom stereocenters. The Morgan fingerprint density at radius 2 is 1.75 bits per heavy atom. The Morgan fingerprint density at radius 3 is 2.25 bits per heavy atom. The van der Waals surface area contributed by atoms with Crippen LogP contribution in [0.4, 0.5) is 0 Å². The molecule has 1 N–H and O–H groups in total. The average Bonchev–Trinajstić information content (AvgIpc) is 2.09. The first-order chi connectivity index (χ1) is 5.86. The summed E-state index contributed by atoms with van der Waals surface area (Å²) in [4.78, 5) is 14.3. The predicted molar refractivity (Wildman–Crippen MR) is 45.7 cm³/mol. The first-order valence-corrected chi connectivity index (χ1v) is 4.27. The number of piperazine rings is 1. The minimum absolute atomic E-state index is 0.222. The fraction of sp³-hybridized carbons (Fsp3) is 0.875. The van der Waals surface area contributed by atoms with Gasteiger partial charge in [-0.15, -0.1) is 0 Å². The number of rotatable bonds is 4. The summed E-state index contributed by atoms with van der Waals surface area (Å²) in [7, 11) is 0. The lowest BCUT2D eigenvalue weighted by Crippen LogP contribution is -2.47. The quantitative estimate of drug-likeness (QED) is 0.571. The zero-order chi connectivity index (χ0) is 8.81. The highest BCUT2D eigenvalue weighted by Gasteiger charge is 2.15. The van der Waals surface area contributed by atoms with Crippen LogP contribution < -0.4 is 0 Å². The lowest BCUT2D eigenvalue weighted by atomic mass is 10.3. The van der Waals surface area contributed by atoms with Gasteiger partial charge in [-0.2, -0.15) is 0 Å². The van der Waals surface area contributed by atoms with Gasteiger partial charge < -0.3 is 5.11 Å². The van der Waals surface area contributed by atoms with Crippen LogP contribution in [0.5, 0.6) is 0 Å². The summed E-state index contributed by atoms with van der Waals surface area (Å²) < 4.78 is 0. The second-order valence-corrected chi connectivity index (χ2v) is 2.99. The molecule has 0 spiro atoms. The normalized spacial score (nSPS) is 21.1. The molecule has 4 nitrogen and oxygen atoms in total. The Balaban J connectivity index is 2.15. The summed E-state index contributed by atoms with van der Waals surface area (Å²) in [5.74, 6) is 0. The van der Waals surface area contributed by atoms with Crippen LogP contribution in [-0.2, 0) is 4.79 Å². The third-order valence-corrected chi connectivity index (χ3v) is 2.17. The van der Waals surface area contributed by atoms with E-state index in [1.54, 1.807) is 0 Å². The largest absolute Gasteiger partial charge is 0.395 e. The summed E-state index contributed by atoms with van der Waals surface area (Å²) in [5, 5.41) is 8.67. The van der Waals surface area contributed by atoms with Crippen LogP contribution in [0.2, 0.25) is 0 Å². The molecule has 1 saturated heterocycles. The van der Waals surface area contributed by atoms with Crippen molar-refractivity contribution in [2.45, 2.75) is 0 Å². The van der Waals surface area contributed by atoms with Gasteiger partial charge in [0, 0.05) is 32.7 Å². The smallest absolute Gasteiger partial charge is 0.213 e. The summed E-state index contributed by atoms with van der Waals surface area (Å²) in [6, 6.07) is 0. The van der Waals surface area contributed by atoms with Gasteiger partial charge in [-0.3, -0.25) is 14.6 Å². The number of β-amino-alcohol motifs (C(OH)–C–C–N with tert-alkyl or cyclic N) is 1. The highest BCUT2D eigenvalue weighted by Crippen LogP contribution is 1.99. The molecule has 0 amide bonds. The van der Waals surface area contributed by atoms with Crippen LogP contribution in [-0.4, -0.2) is 67.1 Å². The van der Waals surface area contributed by atoms with Crippen molar-refractivity contribution in [2.75, 3.05) is 45.9 Å². The SMILES string of the molecule is O=[C]CN1CCN(CCO)CC1. The Hall–Kier alpha value is -0.450. The Morgan fingerprint density at radius 1 is 1.17 bits per heavy atom. The molecule has 0 unspecified atom stereocenters. The van der Waals surface area contributed by atoms with Crippen LogP contribution in [0.15, 0.2) is 0 Å². The van der Waals surface area contributed by atoms with Crippen LogP contribution in [0, 0.1) is 0 Å². The highest BCUT2D eigenvalue weighted by atomic mass is 16.3. The molecule has 69 valence electrons. The van der Waals surface area contributed by atoms with Gasteiger partial charge in [-0.25, -0.2) is 0 Å². The zero-order valence-electron chi connectivity index (χ0n) is 7.20. The molecule has 0 aliphatic carbocycles. The van der Waals surface area contributed by atoms with Gasteiger partial charge in [0.15, 0.2) is 0 Å². The lowest BCUT2D eigenvalue weighted by Gasteiger charge is -2.32. The van der Waals surface area contributed by atoms with Gasteiger partial charge in [0.25, 0.3) is 0 Å². The molecule has 0 bridgehead atoms. The lowest BCUT2D eigenvalue weighted by molar-refractivity contribution is 0.122. The number of nitrogens with zero attached hydrogens (tertiary/aromatic N) is 2. The van der Waals surface area contributed by atoms with Gasteiger partial charge in [0.05, 0.1) is 13.2 Å². The molecule has 1 heterocycles. The van der Waals surface area contributed by atoms with E-state index >= 15 is 0 Å². The molecule has 4 heteroatoms. The standard InChI is InChI=1S/C8H15N2O2/c11-7-5-9-1-2-10(4-3-9)6-8-12/h11H,1-7H2. The first kappa shape index (κ1) is 9.64. The molecule has 1 rings (SSSR count). The van der Waals surface area contributed by atoms with E-state index in [1.807, 2.05) is 6.29 Å². The zero-order valence-corrected chi connectivity index (χ0v) is 7.20. The van der Waals surface area contributed by atoms with Gasteiger partial charge in [0.1, 0.15) is 0 Å². The minimum atomic E-state index is 0.222. The van der Waals surface area contributed by atoms with E-state index in [2.05, 4.69) is 9.80 Å². The van der Waals surface area contributed by atoms with Crippen LogP contribution in [0.3, 0.4) is 0 Å². The van der Waals surface area contributed by atoms with E-state index in [1.165, 1.54) is 0 Å². The van der Waals surface area contributed by atoms with Crippen molar-refractivity contribution in [3.8, 4) is 0 Å². The molecule has 0 aromatic rings. The fourth-order valence-corrected chi connectivity index (χ4v) is 1.40. The number of hydrogen-bond donors (Lipinski definition) is 1. The number of aliphatic hydroxyl groups is 1. The van der Waals surface area contributed by atoms with E-state index in [4.69, 9.17) is 5.11 Å². The molecule has 0 aromatic carbocycles. The second-order valence-electron chi connectivity index (χ2n) is 2.99. The highest BCUT2D eigenvalue weighted by molar-refractivity contribution is 5.53. The summed E-state index contributed by atoms with van der Waals surface area (Å²) >= 11 is 0. The number of aliphatic hydroxyl groups excluding tert-OH is 1. The van der Waals surface area contributed by atoms with Crippen LogP contribution in [0.1, 0.15) is 0 Å². The van der Waals surface area contributed by atoms with Crippen molar-refractivity contribution in [2.24, 2.45) is 0 Å². The van der Waals surface area contributed by atoms with Crippen molar-refractivity contribution < 1.29 is 9.90 Å². The maximum atomic E-state index is 10.1. The molecule has 1 fully saturated rings. The maximum Gasteiger partial charge on any atom is 0.213 e. The third-order valence-electron chi connectivity index (χ3n) is 2.17. The number of hydrogen-bond acceptors (Lipinski definition) is 4. The van der Waals surface area contributed by atoms with E-state index in [9.17, 15) is 4.79 Å². The van der Waals surface area contributed by atoms with Crippen molar-refractivity contribution in [1.29, 1.82) is 0 Å². The van der Waals surface area contributed by atoms with Gasteiger partial charge in [0.2, 0.25) is 6.29 Å². The molecular formula is C8H15N2O2. The molecule has 1 aliphatic heterocycles. The fourth-order valence-electron chi connectivity index (χ4n) is 1.40. The van der Waals surface area contributed by atoms with E-state index in [-0.39, 0.29) is 6.61 Å². The molecule has 12 heavy (non-hydrogen) atoms. The Labute approximate surface area is 72.8 Å². The van der Waals surface area contributed by atoms with E-state index < -0.39 is 0 Å². The Bertz CT molecular complexity index is 133. The maximum absolute atomic E-state index is 10.1. The summed E-state index contributed by atoms with van der Waals surface area (Å²) in [5.41, 5.74) is 0. The number of carbonyl (C=O) groups excluding carboxylic acids is 1. The van der Waals surface area contributed by atoms with Crippen molar-refractivity contribution >= 4 is 6.29 Å². The topological polar surface area (TPSA) is 43.8 Å². The summed E-state index contributed by atoms with van der Waals surface area (Å²) in [6.07, 6.45) is 1.89. The molecule has 1 radical (unpaired) electrons. The van der Waals surface area contributed by atoms with Gasteiger partial charge in [-0.1, -0.05) is 0 Å². The van der Waals surface area contributed by atoms with E-state index in [0.717, 1.165) is 32.7 Å². The van der Waals surface area contributed by atoms with Crippen LogP contribution in [0.25, 0.3) is 0 Å². The Kier molecular flexibility index (Phi) is 4.21. The monoisotopic (exact) mass is 171 g/mol. The minimum Gasteiger partial charge on any atom is -0.395 e. The summed E-state index contributed by atoms with van der Waals surface area (Å²) in [6.45, 7) is 5.11. The average molecular weight is 171 g/mol. The van der Waals surface area contributed by atoms with Crippen LogP contribution >= 0.6 is 0 Å². The molecule has 1 aliphatic rings. The third kappa shape index (κ3) is 2.89. The van der Waals surface area contributed by atoms with Crippen molar-refractivity contribution in [3.63, 3.8) is 0 Å². The van der Waals surface area contributed by atoms with Gasteiger partial charge in [-0.05, 0) is 0 Å². The first-order valence-electron chi connectivity index (χ1n) is 4.27. The van der Waals surface area contributed by atoms with Crippen molar-refractivity contribution in [3.05, 3.63) is 0 Å². The second kappa shape index (κ2) is 5.24. The molecule has 0 saturated carbocycles. The molecule has 0 aromatic heterocycles. The van der Waals surface area contributed by atoms with Gasteiger partial charge >= 0.3 is 0 Å². The van der Waals surface area contributed by atoms with E-state index in [0.29, 0.717) is 6.54 Å². The van der Waals surface area contributed by atoms with Crippen molar-refractivity contribution in [1.82, 2.24) is 9.80 Å². The predicted octanol–water partition coefficient (Wildman–Crippen LogP) is -1.29.